The Hall–Kier alpha value is -1.72. The van der Waals surface area contributed by atoms with Crippen molar-refractivity contribution in [1.82, 2.24) is 10.3 Å². The van der Waals surface area contributed by atoms with Crippen molar-refractivity contribution < 1.29 is 4.79 Å². The van der Waals surface area contributed by atoms with Crippen LogP contribution in [-0.2, 0) is 6.42 Å². The summed E-state index contributed by atoms with van der Waals surface area (Å²) in [6.45, 7) is 5.55. The third-order valence-electron chi connectivity index (χ3n) is 6.90. The lowest BCUT2D eigenvalue weighted by molar-refractivity contribution is -0.103. The van der Waals surface area contributed by atoms with E-state index in [2.05, 4.69) is 36.3 Å². The van der Waals surface area contributed by atoms with Crippen molar-refractivity contribution >= 4 is 17.2 Å². The van der Waals surface area contributed by atoms with Gasteiger partial charge in [0.2, 0.25) is 0 Å². The van der Waals surface area contributed by atoms with Crippen LogP contribution in [0.3, 0.4) is 0 Å². The average Bonchev–Trinajstić information content (AvgIpc) is 3.17. The Kier molecular flexibility index (Phi) is 5.08. The molecule has 1 aromatic heterocycles. The molecule has 0 saturated heterocycles. The molecule has 144 valence electrons. The molecule has 4 nitrogen and oxygen atoms in total. The number of amides is 1. The Balaban J connectivity index is 1.32. The van der Waals surface area contributed by atoms with Gasteiger partial charge in [-0.05, 0) is 54.4 Å². The second-order valence-corrected chi connectivity index (χ2v) is 9.66. The van der Waals surface area contributed by atoms with E-state index in [0.717, 1.165) is 29.8 Å². The highest BCUT2D eigenvalue weighted by atomic mass is 32.1. The zero-order valence-corrected chi connectivity index (χ0v) is 17.0. The number of hydrogen-bond donors (Lipinski definition) is 2. The molecule has 0 radical (unpaired) electrons. The normalized spacial score (nSPS) is 26.9. The van der Waals surface area contributed by atoms with E-state index in [1.807, 2.05) is 23.6 Å². The molecule has 27 heavy (non-hydrogen) atoms. The van der Waals surface area contributed by atoms with E-state index in [0.29, 0.717) is 17.0 Å². The average molecular weight is 384 g/mol. The molecule has 2 aromatic rings. The number of aromatic nitrogens is 1. The number of nitrogens with one attached hydrogen (secondary N) is 1. The predicted octanol–water partition coefficient (Wildman–Crippen LogP) is 4.19. The minimum Gasteiger partial charge on any atom is -0.350 e. The first-order valence-corrected chi connectivity index (χ1v) is 10.9. The molecule has 5 rings (SSSR count). The molecule has 1 aromatic carbocycles. The molecule has 4 unspecified atom stereocenters. The minimum atomic E-state index is -0.176. The van der Waals surface area contributed by atoms with Crippen LogP contribution in [0.5, 0.6) is 0 Å². The molecule has 3 aliphatic carbocycles. The lowest BCUT2D eigenvalue weighted by Crippen LogP contribution is -2.54. The standard InChI is InChI=1S/C22H29N3OS/c1-22(2)16-9-8-15(17(22)11-16)12-24-20(26)19-13-27-21(25-19)18(23)10-14-6-4-3-5-7-14/h3-7,13,15-18H,8-12,23H2,1-2H3,(H,24,26). The number of thiazole rings is 1. The van der Waals surface area contributed by atoms with Gasteiger partial charge in [0.15, 0.2) is 0 Å². The van der Waals surface area contributed by atoms with Crippen LogP contribution < -0.4 is 11.1 Å². The van der Waals surface area contributed by atoms with Crippen LogP contribution in [0.25, 0.3) is 0 Å². The Morgan fingerprint density at radius 1 is 1.33 bits per heavy atom. The number of nitrogens with zero attached hydrogens (tertiary/aromatic N) is 1. The van der Waals surface area contributed by atoms with E-state index in [4.69, 9.17) is 5.73 Å². The van der Waals surface area contributed by atoms with Gasteiger partial charge in [-0.25, -0.2) is 4.98 Å². The summed E-state index contributed by atoms with van der Waals surface area (Å²) in [4.78, 5) is 17.1. The summed E-state index contributed by atoms with van der Waals surface area (Å²) >= 11 is 1.48. The number of nitrogens with two attached hydrogens (primary N) is 1. The molecule has 3 aliphatic rings. The fourth-order valence-corrected chi connectivity index (χ4v) is 5.84. The van der Waals surface area contributed by atoms with Crippen molar-refractivity contribution in [1.29, 1.82) is 0 Å². The Bertz CT molecular complexity index is 799. The van der Waals surface area contributed by atoms with Gasteiger partial charge in [-0.2, -0.15) is 0 Å². The van der Waals surface area contributed by atoms with Crippen molar-refractivity contribution in [2.75, 3.05) is 6.54 Å². The molecule has 1 amide bonds. The lowest BCUT2D eigenvalue weighted by atomic mass is 9.45. The van der Waals surface area contributed by atoms with Gasteiger partial charge in [0.25, 0.3) is 5.91 Å². The molecule has 0 spiro atoms. The van der Waals surface area contributed by atoms with Crippen molar-refractivity contribution in [3.8, 4) is 0 Å². The highest BCUT2D eigenvalue weighted by Crippen LogP contribution is 2.61. The fourth-order valence-electron chi connectivity index (χ4n) is 5.04. The quantitative estimate of drug-likeness (QED) is 0.786. The summed E-state index contributed by atoms with van der Waals surface area (Å²) in [6, 6.07) is 9.98. The molecule has 3 saturated carbocycles. The van der Waals surface area contributed by atoms with Gasteiger partial charge >= 0.3 is 0 Å². The maximum atomic E-state index is 12.6. The van der Waals surface area contributed by atoms with Crippen LogP contribution >= 0.6 is 11.3 Å². The first-order valence-electron chi connectivity index (χ1n) is 9.98. The molecule has 2 bridgehead atoms. The van der Waals surface area contributed by atoms with E-state index in [9.17, 15) is 4.79 Å². The molecule has 4 atom stereocenters. The highest BCUT2D eigenvalue weighted by Gasteiger charge is 2.53. The molecule has 3 N–H and O–H groups in total. The van der Waals surface area contributed by atoms with Crippen molar-refractivity contribution in [2.24, 2.45) is 28.9 Å². The van der Waals surface area contributed by atoms with Crippen molar-refractivity contribution in [3.63, 3.8) is 0 Å². The van der Waals surface area contributed by atoms with Crippen LogP contribution in [-0.4, -0.2) is 17.4 Å². The molecular weight excluding hydrogens is 354 g/mol. The largest absolute Gasteiger partial charge is 0.350 e. The molecular formula is C22H29N3OS. The molecule has 1 heterocycles. The van der Waals surface area contributed by atoms with Gasteiger partial charge in [-0.3, -0.25) is 4.79 Å². The Labute approximate surface area is 165 Å². The monoisotopic (exact) mass is 383 g/mol. The van der Waals surface area contributed by atoms with Crippen LogP contribution in [0.4, 0.5) is 0 Å². The maximum Gasteiger partial charge on any atom is 0.270 e. The third kappa shape index (κ3) is 3.67. The molecule has 0 aliphatic heterocycles. The topological polar surface area (TPSA) is 68.0 Å². The summed E-state index contributed by atoms with van der Waals surface area (Å²) in [5.41, 5.74) is 8.44. The van der Waals surface area contributed by atoms with Gasteiger partial charge in [0.05, 0.1) is 6.04 Å². The first-order chi connectivity index (χ1) is 12.9. The van der Waals surface area contributed by atoms with Gasteiger partial charge in [-0.1, -0.05) is 44.2 Å². The smallest absolute Gasteiger partial charge is 0.270 e. The summed E-state index contributed by atoms with van der Waals surface area (Å²) in [5, 5.41) is 5.78. The molecule has 5 heteroatoms. The van der Waals surface area contributed by atoms with Crippen molar-refractivity contribution in [2.45, 2.75) is 45.6 Å². The number of carbonyl (C=O) groups excluding carboxylic acids is 1. The molecule has 3 fully saturated rings. The second kappa shape index (κ2) is 7.36. The number of hydrogen-bond acceptors (Lipinski definition) is 4. The Morgan fingerprint density at radius 3 is 2.81 bits per heavy atom. The lowest BCUT2D eigenvalue weighted by Gasteiger charge is -2.60. The van der Waals surface area contributed by atoms with Crippen LogP contribution in [0.1, 0.15) is 60.2 Å². The van der Waals surface area contributed by atoms with Gasteiger partial charge in [-0.15, -0.1) is 11.3 Å². The summed E-state index contributed by atoms with van der Waals surface area (Å²) < 4.78 is 0. The minimum absolute atomic E-state index is 0.0661. The van der Waals surface area contributed by atoms with E-state index < -0.39 is 0 Å². The number of carbonyl (C=O) groups is 1. The van der Waals surface area contributed by atoms with E-state index >= 15 is 0 Å². The van der Waals surface area contributed by atoms with Gasteiger partial charge in [0, 0.05) is 11.9 Å². The number of rotatable bonds is 6. The van der Waals surface area contributed by atoms with Gasteiger partial charge in [0.1, 0.15) is 10.7 Å². The van der Waals surface area contributed by atoms with Crippen molar-refractivity contribution in [3.05, 3.63) is 52.0 Å². The highest BCUT2D eigenvalue weighted by molar-refractivity contribution is 7.09. The number of benzene rings is 1. The first kappa shape index (κ1) is 18.6. The van der Waals surface area contributed by atoms with Crippen LogP contribution in [0, 0.1) is 23.2 Å². The fraction of sp³-hybridized carbons (Fsp3) is 0.545. The van der Waals surface area contributed by atoms with E-state index in [1.165, 1.54) is 36.2 Å². The predicted molar refractivity (Wildman–Crippen MR) is 110 cm³/mol. The summed E-state index contributed by atoms with van der Waals surface area (Å²) in [7, 11) is 0. The zero-order chi connectivity index (χ0) is 19.0. The zero-order valence-electron chi connectivity index (χ0n) is 16.2. The number of fused-ring (bicyclic) bond motifs is 2. The third-order valence-corrected chi connectivity index (χ3v) is 7.87. The van der Waals surface area contributed by atoms with E-state index in [1.54, 1.807) is 0 Å². The van der Waals surface area contributed by atoms with Gasteiger partial charge < -0.3 is 11.1 Å². The SMILES string of the molecule is CC1(C)C2CCC(CNC(=O)c3csc(C(N)Cc4ccccc4)n3)C1C2. The second-order valence-electron chi connectivity index (χ2n) is 8.78. The van der Waals surface area contributed by atoms with E-state index in [-0.39, 0.29) is 11.9 Å². The summed E-state index contributed by atoms with van der Waals surface area (Å²) in [6.07, 6.45) is 4.61. The van der Waals surface area contributed by atoms with Crippen LogP contribution in [0.2, 0.25) is 0 Å². The summed E-state index contributed by atoms with van der Waals surface area (Å²) in [5.74, 6) is 2.18. The Morgan fingerprint density at radius 2 is 2.11 bits per heavy atom. The maximum absolute atomic E-state index is 12.6. The van der Waals surface area contributed by atoms with Crippen LogP contribution in [0.15, 0.2) is 35.7 Å².